The minimum Gasteiger partial charge on any atom is -0.366 e. The van der Waals surface area contributed by atoms with Gasteiger partial charge in [0.1, 0.15) is 0 Å². The molecular formula is C15H17F3N4. The Morgan fingerprint density at radius 1 is 1.09 bits per heavy atom. The molecule has 0 spiro atoms. The number of rotatable bonds is 2. The predicted molar refractivity (Wildman–Crippen MR) is 78.4 cm³/mol. The molecule has 0 radical (unpaired) electrons. The lowest BCUT2D eigenvalue weighted by atomic mass is 10.2. The van der Waals surface area contributed by atoms with Gasteiger partial charge in [0.05, 0.1) is 28.8 Å². The van der Waals surface area contributed by atoms with E-state index in [-0.39, 0.29) is 0 Å². The predicted octanol–water partition coefficient (Wildman–Crippen LogP) is 2.61. The molecule has 118 valence electrons. The van der Waals surface area contributed by atoms with Crippen LogP contribution in [0, 0.1) is 6.92 Å². The molecule has 1 fully saturated rings. The summed E-state index contributed by atoms with van der Waals surface area (Å²) in [5.41, 5.74) is 1.94. The van der Waals surface area contributed by atoms with Gasteiger partial charge < -0.3 is 10.2 Å². The summed E-state index contributed by atoms with van der Waals surface area (Å²) < 4.78 is 39.5. The summed E-state index contributed by atoms with van der Waals surface area (Å²) in [5.74, 6) is 0. The first-order valence-electron chi connectivity index (χ1n) is 7.15. The van der Waals surface area contributed by atoms with Gasteiger partial charge in [0.2, 0.25) is 0 Å². The van der Waals surface area contributed by atoms with E-state index in [0.717, 1.165) is 49.7 Å². The number of benzene rings is 1. The van der Waals surface area contributed by atoms with Crippen LogP contribution >= 0.6 is 0 Å². The first-order valence-corrected chi connectivity index (χ1v) is 7.15. The Balaban J connectivity index is 1.87. The number of piperazine rings is 1. The molecule has 1 saturated heterocycles. The maximum Gasteiger partial charge on any atom is 0.416 e. The Hall–Kier alpha value is -2.02. The lowest BCUT2D eigenvalue weighted by Crippen LogP contribution is -2.43. The fourth-order valence-corrected chi connectivity index (χ4v) is 2.67. The van der Waals surface area contributed by atoms with Gasteiger partial charge in [-0.15, -0.1) is 0 Å². The van der Waals surface area contributed by atoms with Crippen molar-refractivity contribution in [2.24, 2.45) is 0 Å². The molecule has 7 heteroatoms. The lowest BCUT2D eigenvalue weighted by molar-refractivity contribution is -0.137. The van der Waals surface area contributed by atoms with Gasteiger partial charge in [-0.05, 0) is 31.2 Å². The molecule has 2 heterocycles. The first kappa shape index (κ1) is 14.9. The number of anilines is 1. The molecule has 0 amide bonds. The molecule has 22 heavy (non-hydrogen) atoms. The van der Waals surface area contributed by atoms with E-state index in [1.807, 2.05) is 6.92 Å². The maximum atomic E-state index is 12.6. The summed E-state index contributed by atoms with van der Waals surface area (Å²) in [4.78, 5) is 2.24. The van der Waals surface area contributed by atoms with Crippen LogP contribution in [0.25, 0.3) is 5.69 Å². The van der Waals surface area contributed by atoms with E-state index < -0.39 is 11.7 Å². The zero-order valence-corrected chi connectivity index (χ0v) is 12.2. The smallest absolute Gasteiger partial charge is 0.366 e. The van der Waals surface area contributed by atoms with Crippen LogP contribution in [0.2, 0.25) is 0 Å². The van der Waals surface area contributed by atoms with E-state index >= 15 is 0 Å². The van der Waals surface area contributed by atoms with Gasteiger partial charge in [0, 0.05) is 26.2 Å². The molecule has 0 atom stereocenters. The van der Waals surface area contributed by atoms with Crippen LogP contribution in [0.1, 0.15) is 11.3 Å². The summed E-state index contributed by atoms with van der Waals surface area (Å²) in [5, 5.41) is 7.61. The van der Waals surface area contributed by atoms with Crippen molar-refractivity contribution >= 4 is 5.69 Å². The number of alkyl halides is 3. The topological polar surface area (TPSA) is 33.1 Å². The largest absolute Gasteiger partial charge is 0.416 e. The lowest BCUT2D eigenvalue weighted by Gasteiger charge is -2.28. The second kappa shape index (κ2) is 5.64. The van der Waals surface area contributed by atoms with Crippen molar-refractivity contribution < 1.29 is 13.2 Å². The third kappa shape index (κ3) is 2.81. The third-order valence-electron chi connectivity index (χ3n) is 3.88. The summed E-state index contributed by atoms with van der Waals surface area (Å²) in [7, 11) is 0. The van der Waals surface area contributed by atoms with E-state index in [4.69, 9.17) is 0 Å². The van der Waals surface area contributed by atoms with Crippen LogP contribution in [-0.2, 0) is 6.18 Å². The van der Waals surface area contributed by atoms with Crippen LogP contribution in [-0.4, -0.2) is 36.0 Å². The third-order valence-corrected chi connectivity index (χ3v) is 3.88. The Bertz CT molecular complexity index is 640. The minimum atomic E-state index is -4.32. The van der Waals surface area contributed by atoms with Gasteiger partial charge in [-0.2, -0.15) is 18.3 Å². The molecule has 1 aliphatic rings. The fourth-order valence-electron chi connectivity index (χ4n) is 2.67. The Morgan fingerprint density at radius 2 is 1.73 bits per heavy atom. The number of nitrogens with one attached hydrogen (secondary N) is 1. The molecule has 0 saturated carbocycles. The summed E-state index contributed by atoms with van der Waals surface area (Å²) in [6.45, 7) is 5.58. The van der Waals surface area contributed by atoms with E-state index in [2.05, 4.69) is 15.3 Å². The molecule has 1 aromatic heterocycles. The average Bonchev–Trinajstić information content (AvgIpc) is 2.89. The zero-order valence-electron chi connectivity index (χ0n) is 12.2. The number of halogens is 3. The summed E-state index contributed by atoms with van der Waals surface area (Å²) in [6.07, 6.45) is -2.54. The molecule has 1 aliphatic heterocycles. The molecule has 0 aliphatic carbocycles. The van der Waals surface area contributed by atoms with Gasteiger partial charge in [-0.1, -0.05) is 0 Å². The molecule has 0 unspecified atom stereocenters. The first-order chi connectivity index (χ1) is 10.5. The minimum absolute atomic E-state index is 0.631. The van der Waals surface area contributed by atoms with Crippen molar-refractivity contribution in [2.75, 3.05) is 31.1 Å². The van der Waals surface area contributed by atoms with Crippen LogP contribution in [0.5, 0.6) is 0 Å². The van der Waals surface area contributed by atoms with Gasteiger partial charge >= 0.3 is 6.18 Å². The highest BCUT2D eigenvalue weighted by atomic mass is 19.4. The summed E-state index contributed by atoms with van der Waals surface area (Å²) >= 11 is 0. The van der Waals surface area contributed by atoms with E-state index in [9.17, 15) is 13.2 Å². The number of nitrogens with zero attached hydrogens (tertiary/aromatic N) is 3. The number of hydrogen-bond acceptors (Lipinski definition) is 3. The molecular weight excluding hydrogens is 293 g/mol. The van der Waals surface area contributed by atoms with Gasteiger partial charge in [-0.3, -0.25) is 0 Å². The van der Waals surface area contributed by atoms with Gasteiger partial charge in [0.15, 0.2) is 0 Å². The molecule has 0 bridgehead atoms. The van der Waals surface area contributed by atoms with Crippen LogP contribution < -0.4 is 10.2 Å². The fraction of sp³-hybridized carbons (Fsp3) is 0.400. The normalized spacial score (nSPS) is 16.1. The van der Waals surface area contributed by atoms with Crippen molar-refractivity contribution in [2.45, 2.75) is 13.1 Å². The van der Waals surface area contributed by atoms with Crippen molar-refractivity contribution in [1.29, 1.82) is 0 Å². The van der Waals surface area contributed by atoms with Crippen LogP contribution in [0.15, 0.2) is 30.5 Å². The van der Waals surface area contributed by atoms with Crippen LogP contribution in [0.4, 0.5) is 18.9 Å². The monoisotopic (exact) mass is 310 g/mol. The zero-order chi connectivity index (χ0) is 15.7. The quantitative estimate of drug-likeness (QED) is 0.925. The van der Waals surface area contributed by atoms with Crippen molar-refractivity contribution in [3.63, 3.8) is 0 Å². The molecule has 3 rings (SSSR count). The van der Waals surface area contributed by atoms with Crippen LogP contribution in [0.3, 0.4) is 0 Å². The maximum absolute atomic E-state index is 12.6. The highest BCUT2D eigenvalue weighted by molar-refractivity contribution is 5.52. The van der Waals surface area contributed by atoms with E-state index in [0.29, 0.717) is 5.69 Å². The average molecular weight is 310 g/mol. The molecule has 1 aromatic carbocycles. The number of hydrogen-bond donors (Lipinski definition) is 1. The van der Waals surface area contributed by atoms with Gasteiger partial charge in [0.25, 0.3) is 0 Å². The second-order valence-electron chi connectivity index (χ2n) is 5.31. The van der Waals surface area contributed by atoms with Crippen molar-refractivity contribution in [3.05, 3.63) is 41.7 Å². The Morgan fingerprint density at radius 3 is 2.32 bits per heavy atom. The van der Waals surface area contributed by atoms with Crippen molar-refractivity contribution in [3.8, 4) is 5.69 Å². The van der Waals surface area contributed by atoms with Crippen molar-refractivity contribution in [1.82, 2.24) is 15.1 Å². The molecule has 1 N–H and O–H groups in total. The standard InChI is InChI=1S/C15H17F3N4/c1-11-14(21-8-6-19-7-9-21)10-20-22(11)13-4-2-12(3-5-13)15(16,17)18/h2-5,10,19H,6-9H2,1H3. The molecule has 2 aromatic rings. The highest BCUT2D eigenvalue weighted by Crippen LogP contribution is 2.30. The number of aromatic nitrogens is 2. The van der Waals surface area contributed by atoms with Gasteiger partial charge in [-0.25, -0.2) is 4.68 Å². The summed E-state index contributed by atoms with van der Waals surface area (Å²) in [6, 6.07) is 5.07. The second-order valence-corrected chi connectivity index (χ2v) is 5.31. The molecule has 4 nitrogen and oxygen atoms in total. The van der Waals surface area contributed by atoms with E-state index in [1.54, 1.807) is 10.9 Å². The van der Waals surface area contributed by atoms with E-state index in [1.165, 1.54) is 12.1 Å². The highest BCUT2D eigenvalue weighted by Gasteiger charge is 2.30. The SMILES string of the molecule is Cc1c(N2CCNCC2)cnn1-c1ccc(C(F)(F)F)cc1. The Labute approximate surface area is 126 Å². The Kier molecular flexibility index (Phi) is 3.82.